The third-order valence-electron chi connectivity index (χ3n) is 4.05. The molecular weight excluding hydrogens is 362 g/mol. The summed E-state index contributed by atoms with van der Waals surface area (Å²) in [4.78, 5) is 14.7. The third-order valence-corrected chi connectivity index (χ3v) is 6.88. The molecule has 0 saturated carbocycles. The summed E-state index contributed by atoms with van der Waals surface area (Å²) in [5.74, 6) is -0.425. The normalized spacial score (nSPS) is 17.6. The number of sulfonamides is 1. The molecule has 1 aromatic rings. The largest absolute Gasteiger partial charge is 0.379 e. The van der Waals surface area contributed by atoms with Crippen molar-refractivity contribution in [1.82, 2.24) is 14.9 Å². The Labute approximate surface area is 153 Å². The molecule has 1 unspecified atom stereocenters. The number of amides is 1. The summed E-state index contributed by atoms with van der Waals surface area (Å²) in [5.41, 5.74) is 0. The topological polar surface area (TPSA) is 87.7 Å². The molecule has 0 aromatic carbocycles. The van der Waals surface area contributed by atoms with Gasteiger partial charge >= 0.3 is 0 Å². The van der Waals surface area contributed by atoms with Crippen molar-refractivity contribution in [2.45, 2.75) is 30.5 Å². The van der Waals surface area contributed by atoms with E-state index in [1.807, 2.05) is 13.8 Å². The summed E-state index contributed by atoms with van der Waals surface area (Å²) in [6, 6.07) is 2.43. The van der Waals surface area contributed by atoms with Crippen LogP contribution < -0.4 is 10.0 Å². The van der Waals surface area contributed by atoms with Crippen molar-refractivity contribution in [3.05, 3.63) is 17.5 Å². The van der Waals surface area contributed by atoms with Crippen LogP contribution in [-0.2, 0) is 19.6 Å². The van der Waals surface area contributed by atoms with Gasteiger partial charge in [0.2, 0.25) is 5.91 Å². The molecule has 1 aliphatic rings. The number of ether oxygens (including phenoxy) is 1. The number of carbonyl (C=O) groups is 1. The minimum atomic E-state index is -3.67. The van der Waals surface area contributed by atoms with Gasteiger partial charge in [-0.1, -0.05) is 19.9 Å². The molecule has 1 atom stereocenters. The molecule has 9 heteroatoms. The maximum atomic E-state index is 12.4. The lowest BCUT2D eigenvalue weighted by Crippen LogP contribution is -2.49. The summed E-state index contributed by atoms with van der Waals surface area (Å²) in [6.07, 6.45) is 0.828. The average Bonchev–Trinajstić information content (AvgIpc) is 3.13. The zero-order valence-corrected chi connectivity index (χ0v) is 16.4. The van der Waals surface area contributed by atoms with Gasteiger partial charge in [0, 0.05) is 19.6 Å². The van der Waals surface area contributed by atoms with Crippen molar-refractivity contribution in [3.63, 3.8) is 0 Å². The second-order valence-electron chi connectivity index (χ2n) is 6.37. The van der Waals surface area contributed by atoms with Crippen LogP contribution in [0.3, 0.4) is 0 Å². The fourth-order valence-corrected chi connectivity index (χ4v) is 4.94. The highest BCUT2D eigenvalue weighted by Crippen LogP contribution is 2.17. The van der Waals surface area contributed by atoms with Crippen molar-refractivity contribution in [3.8, 4) is 0 Å². The monoisotopic (exact) mass is 389 g/mol. The fraction of sp³-hybridized carbons (Fsp3) is 0.688. The zero-order valence-electron chi connectivity index (χ0n) is 14.7. The Bertz CT molecular complexity index is 626. The van der Waals surface area contributed by atoms with E-state index in [1.165, 1.54) is 6.07 Å². The molecule has 0 aliphatic carbocycles. The first-order valence-electron chi connectivity index (χ1n) is 8.54. The predicted octanol–water partition coefficient (Wildman–Crippen LogP) is 0.890. The Morgan fingerprint density at radius 2 is 2.08 bits per heavy atom. The standard InChI is InChI=1S/C16H27N3O4S2/c1-13(2)15(18-25(21,22)14-5-3-12-24-14)16(20)17-6-4-7-19-8-10-23-11-9-19/h3,5,12-13,15,18H,4,6-11H2,1-2H3,(H,17,20). The van der Waals surface area contributed by atoms with E-state index in [0.717, 1.165) is 50.6 Å². The number of carbonyl (C=O) groups excluding carboxylic acids is 1. The van der Waals surface area contributed by atoms with Crippen LogP contribution in [0.5, 0.6) is 0 Å². The van der Waals surface area contributed by atoms with Crippen LogP contribution in [0.2, 0.25) is 0 Å². The van der Waals surface area contributed by atoms with Crippen LogP contribution in [0.15, 0.2) is 21.7 Å². The minimum Gasteiger partial charge on any atom is -0.379 e. The number of hydrogen-bond acceptors (Lipinski definition) is 6. The van der Waals surface area contributed by atoms with Crippen molar-refractivity contribution in [2.75, 3.05) is 39.4 Å². The quantitative estimate of drug-likeness (QED) is 0.613. The minimum absolute atomic E-state index is 0.144. The van der Waals surface area contributed by atoms with E-state index in [1.54, 1.807) is 11.4 Å². The van der Waals surface area contributed by atoms with Crippen molar-refractivity contribution in [2.24, 2.45) is 5.92 Å². The molecule has 2 heterocycles. The van der Waals surface area contributed by atoms with Crippen LogP contribution in [0.4, 0.5) is 0 Å². The molecule has 0 radical (unpaired) electrons. The van der Waals surface area contributed by atoms with Crippen LogP contribution in [0.1, 0.15) is 20.3 Å². The maximum absolute atomic E-state index is 12.4. The molecule has 2 N–H and O–H groups in total. The van der Waals surface area contributed by atoms with Gasteiger partial charge in [-0.05, 0) is 30.3 Å². The van der Waals surface area contributed by atoms with Crippen molar-refractivity contribution >= 4 is 27.3 Å². The van der Waals surface area contributed by atoms with Crippen LogP contribution in [0, 0.1) is 5.92 Å². The number of thiophene rings is 1. The number of nitrogens with one attached hydrogen (secondary N) is 2. The summed E-state index contributed by atoms with van der Waals surface area (Å²) in [5, 5.41) is 4.55. The molecule has 1 aliphatic heterocycles. The molecule has 1 amide bonds. The van der Waals surface area contributed by atoms with Gasteiger partial charge in [-0.3, -0.25) is 9.69 Å². The molecule has 0 bridgehead atoms. The second kappa shape index (κ2) is 9.63. The second-order valence-corrected chi connectivity index (χ2v) is 9.26. The van der Waals surface area contributed by atoms with Gasteiger partial charge in [-0.15, -0.1) is 11.3 Å². The zero-order chi connectivity index (χ0) is 18.3. The Kier molecular flexibility index (Phi) is 7.82. The van der Waals surface area contributed by atoms with Crippen LogP contribution in [0.25, 0.3) is 0 Å². The van der Waals surface area contributed by atoms with Crippen LogP contribution in [-0.4, -0.2) is 64.7 Å². The van der Waals surface area contributed by atoms with Gasteiger partial charge in [0.25, 0.3) is 10.0 Å². The summed E-state index contributed by atoms with van der Waals surface area (Å²) in [6.45, 7) is 8.44. The van der Waals surface area contributed by atoms with E-state index < -0.39 is 16.1 Å². The highest BCUT2D eigenvalue weighted by molar-refractivity contribution is 7.91. The molecule has 2 rings (SSSR count). The first kappa shape index (κ1) is 20.3. The number of hydrogen-bond donors (Lipinski definition) is 2. The van der Waals surface area contributed by atoms with Gasteiger partial charge in [0.1, 0.15) is 10.3 Å². The molecule has 142 valence electrons. The van der Waals surface area contributed by atoms with Gasteiger partial charge in [-0.2, -0.15) is 4.72 Å². The number of morpholine rings is 1. The van der Waals surface area contributed by atoms with E-state index in [4.69, 9.17) is 4.74 Å². The predicted molar refractivity (Wildman–Crippen MR) is 98.2 cm³/mol. The Morgan fingerprint density at radius 1 is 1.36 bits per heavy atom. The van der Waals surface area contributed by atoms with Gasteiger partial charge in [-0.25, -0.2) is 8.42 Å². The summed E-state index contributed by atoms with van der Waals surface area (Å²) < 4.78 is 32.8. The molecule has 1 aromatic heterocycles. The summed E-state index contributed by atoms with van der Waals surface area (Å²) in [7, 11) is -3.67. The number of rotatable bonds is 9. The third kappa shape index (κ3) is 6.34. The maximum Gasteiger partial charge on any atom is 0.250 e. The Balaban J connectivity index is 1.81. The van der Waals surface area contributed by atoms with E-state index >= 15 is 0 Å². The highest BCUT2D eigenvalue weighted by atomic mass is 32.2. The SMILES string of the molecule is CC(C)C(NS(=O)(=O)c1cccs1)C(=O)NCCCN1CCOCC1. The van der Waals surface area contributed by atoms with Gasteiger partial charge < -0.3 is 10.1 Å². The van der Waals surface area contributed by atoms with E-state index in [9.17, 15) is 13.2 Å². The smallest absolute Gasteiger partial charge is 0.250 e. The first-order chi connectivity index (χ1) is 11.9. The van der Waals surface area contributed by atoms with E-state index in [0.29, 0.717) is 6.54 Å². The van der Waals surface area contributed by atoms with Gasteiger partial charge in [0.15, 0.2) is 0 Å². The molecule has 0 spiro atoms. The molecule has 7 nitrogen and oxygen atoms in total. The average molecular weight is 390 g/mol. The number of nitrogens with zero attached hydrogens (tertiary/aromatic N) is 1. The lowest BCUT2D eigenvalue weighted by Gasteiger charge is -2.26. The molecule has 1 saturated heterocycles. The van der Waals surface area contributed by atoms with Crippen LogP contribution >= 0.6 is 11.3 Å². The first-order valence-corrected chi connectivity index (χ1v) is 10.9. The van der Waals surface area contributed by atoms with Gasteiger partial charge in [0.05, 0.1) is 13.2 Å². The molecule has 25 heavy (non-hydrogen) atoms. The lowest BCUT2D eigenvalue weighted by atomic mass is 10.1. The Hall–Kier alpha value is -1.00. The van der Waals surface area contributed by atoms with Crippen molar-refractivity contribution in [1.29, 1.82) is 0 Å². The highest BCUT2D eigenvalue weighted by Gasteiger charge is 2.28. The summed E-state index contributed by atoms with van der Waals surface area (Å²) >= 11 is 1.13. The van der Waals surface area contributed by atoms with Crippen molar-refractivity contribution < 1.29 is 17.9 Å². The molecule has 1 fully saturated rings. The Morgan fingerprint density at radius 3 is 2.68 bits per heavy atom. The fourth-order valence-electron chi connectivity index (χ4n) is 2.58. The molecular formula is C16H27N3O4S2. The van der Waals surface area contributed by atoms with E-state index in [2.05, 4.69) is 14.9 Å². The lowest BCUT2D eigenvalue weighted by molar-refractivity contribution is -0.123. The van der Waals surface area contributed by atoms with E-state index in [-0.39, 0.29) is 16.0 Å².